The molecule has 0 aromatic heterocycles. The van der Waals surface area contributed by atoms with Crippen molar-refractivity contribution in [2.24, 2.45) is 5.92 Å². The van der Waals surface area contributed by atoms with Gasteiger partial charge in [-0.2, -0.15) is 13.2 Å². The fourth-order valence-electron chi connectivity index (χ4n) is 4.47. The zero-order chi connectivity index (χ0) is 22.2. The number of halogens is 3. The Morgan fingerprint density at radius 3 is 2.52 bits per heavy atom. The summed E-state index contributed by atoms with van der Waals surface area (Å²) in [7, 11) is 0. The maximum Gasteiger partial charge on any atom is 0.416 e. The van der Waals surface area contributed by atoms with E-state index in [0.29, 0.717) is 38.0 Å². The summed E-state index contributed by atoms with van der Waals surface area (Å²) >= 11 is 0. The number of nitrogens with zero attached hydrogens (tertiary/aromatic N) is 1. The van der Waals surface area contributed by atoms with E-state index in [1.165, 1.54) is 6.07 Å². The molecular weight excluding hydrogens is 409 g/mol. The topological polar surface area (TPSA) is 72.8 Å². The van der Waals surface area contributed by atoms with E-state index in [0.717, 1.165) is 41.8 Å². The minimum Gasteiger partial charge on any atom is -0.506 e. The van der Waals surface area contributed by atoms with Crippen molar-refractivity contribution in [2.75, 3.05) is 23.3 Å². The number of alkyl halides is 3. The summed E-state index contributed by atoms with van der Waals surface area (Å²) in [5, 5.41) is 23.1. The number of anilines is 2. The van der Waals surface area contributed by atoms with Gasteiger partial charge in [0, 0.05) is 31.1 Å². The molecule has 1 atom stereocenters. The molecule has 31 heavy (non-hydrogen) atoms. The average molecular weight is 434 g/mol. The van der Waals surface area contributed by atoms with Crippen LogP contribution >= 0.6 is 0 Å². The Morgan fingerprint density at radius 2 is 1.84 bits per heavy atom. The first-order chi connectivity index (χ1) is 14.7. The highest BCUT2D eigenvalue weighted by molar-refractivity contribution is 5.93. The fourth-order valence-corrected chi connectivity index (χ4v) is 4.47. The zero-order valence-electron chi connectivity index (χ0n) is 17.0. The van der Waals surface area contributed by atoms with Crippen LogP contribution in [0.4, 0.5) is 24.5 Å². The first kappa shape index (κ1) is 21.5. The van der Waals surface area contributed by atoms with Gasteiger partial charge in [0.1, 0.15) is 5.75 Å². The number of aliphatic hydroxyl groups is 1. The van der Waals surface area contributed by atoms with Gasteiger partial charge in [-0.1, -0.05) is 12.1 Å². The molecule has 166 valence electrons. The van der Waals surface area contributed by atoms with Crippen molar-refractivity contribution in [1.82, 2.24) is 0 Å². The molecule has 2 aromatic rings. The Kier molecular flexibility index (Phi) is 5.83. The Bertz CT molecular complexity index is 969. The van der Waals surface area contributed by atoms with Crippen molar-refractivity contribution in [2.45, 2.75) is 44.4 Å². The highest BCUT2D eigenvalue weighted by Gasteiger charge is 2.32. The lowest BCUT2D eigenvalue weighted by atomic mass is 9.88. The number of aromatic hydroxyl groups is 1. The molecule has 1 saturated heterocycles. The lowest BCUT2D eigenvalue weighted by Crippen LogP contribution is -2.38. The van der Waals surface area contributed by atoms with Gasteiger partial charge in [-0.3, -0.25) is 4.79 Å². The molecule has 1 aliphatic carbocycles. The van der Waals surface area contributed by atoms with Gasteiger partial charge in [0.2, 0.25) is 5.91 Å². The van der Waals surface area contributed by atoms with Crippen LogP contribution in [-0.2, 0) is 23.8 Å². The number of nitrogens with one attached hydrogen (secondary N) is 1. The molecule has 0 spiro atoms. The summed E-state index contributed by atoms with van der Waals surface area (Å²) in [5.41, 5.74) is 2.33. The van der Waals surface area contributed by atoms with Crippen LogP contribution in [0.5, 0.6) is 5.75 Å². The van der Waals surface area contributed by atoms with Crippen LogP contribution in [0.3, 0.4) is 0 Å². The average Bonchev–Trinajstić information content (AvgIpc) is 2.73. The Labute approximate surface area is 178 Å². The molecule has 0 radical (unpaired) electrons. The predicted octanol–water partition coefficient (Wildman–Crippen LogP) is 4.12. The summed E-state index contributed by atoms with van der Waals surface area (Å²) < 4.78 is 38.4. The van der Waals surface area contributed by atoms with Crippen LogP contribution in [0, 0.1) is 5.92 Å². The molecule has 4 rings (SSSR count). The van der Waals surface area contributed by atoms with Crippen LogP contribution in [0.1, 0.15) is 36.0 Å². The van der Waals surface area contributed by atoms with Crippen molar-refractivity contribution in [3.8, 4) is 5.75 Å². The molecule has 2 aromatic carbocycles. The van der Waals surface area contributed by atoms with E-state index in [2.05, 4.69) is 5.32 Å². The van der Waals surface area contributed by atoms with Gasteiger partial charge in [-0.15, -0.1) is 0 Å². The molecule has 3 N–H and O–H groups in total. The number of phenols is 1. The predicted molar refractivity (Wildman–Crippen MR) is 111 cm³/mol. The first-order valence-corrected chi connectivity index (χ1v) is 10.5. The number of carbonyl (C=O) groups excluding carboxylic acids is 1. The van der Waals surface area contributed by atoms with E-state index in [1.807, 2.05) is 18.2 Å². The van der Waals surface area contributed by atoms with E-state index in [9.17, 15) is 28.2 Å². The highest BCUT2D eigenvalue weighted by Crippen LogP contribution is 2.37. The number of benzene rings is 2. The van der Waals surface area contributed by atoms with E-state index in [4.69, 9.17) is 0 Å². The Morgan fingerprint density at radius 1 is 1.10 bits per heavy atom. The lowest BCUT2D eigenvalue weighted by molar-refractivity contribution is -0.137. The zero-order valence-corrected chi connectivity index (χ0v) is 17.0. The number of fused-ring (bicyclic) bond motifs is 1. The molecule has 8 heteroatoms. The van der Waals surface area contributed by atoms with Gasteiger partial charge < -0.3 is 20.4 Å². The molecule has 1 heterocycles. The second kappa shape index (κ2) is 8.42. The quantitative estimate of drug-likeness (QED) is 0.680. The van der Waals surface area contributed by atoms with E-state index in [1.54, 1.807) is 4.90 Å². The van der Waals surface area contributed by atoms with Crippen molar-refractivity contribution in [3.05, 3.63) is 53.1 Å². The smallest absolute Gasteiger partial charge is 0.416 e. The largest absolute Gasteiger partial charge is 0.506 e. The van der Waals surface area contributed by atoms with Gasteiger partial charge >= 0.3 is 6.18 Å². The van der Waals surface area contributed by atoms with Crippen molar-refractivity contribution in [1.29, 1.82) is 0 Å². The summed E-state index contributed by atoms with van der Waals surface area (Å²) in [4.78, 5) is 14.6. The van der Waals surface area contributed by atoms with Crippen molar-refractivity contribution >= 4 is 17.3 Å². The Balaban J connectivity index is 1.39. The van der Waals surface area contributed by atoms with Gasteiger partial charge in [0.15, 0.2) is 0 Å². The molecule has 0 bridgehead atoms. The minimum absolute atomic E-state index is 0.0928. The number of carbonyl (C=O) groups is 1. The van der Waals surface area contributed by atoms with Gasteiger partial charge in [-0.25, -0.2) is 0 Å². The number of hydrogen-bond donors (Lipinski definition) is 3. The number of aliphatic hydroxyl groups excluding tert-OH is 1. The molecule has 1 amide bonds. The van der Waals surface area contributed by atoms with E-state index < -0.39 is 23.6 Å². The molecule has 5 nitrogen and oxygen atoms in total. The number of phenolic OH excluding ortho intramolecular Hbond substituents is 1. The summed E-state index contributed by atoms with van der Waals surface area (Å²) in [6, 6.07) is 8.75. The van der Waals surface area contributed by atoms with Crippen LogP contribution in [0.15, 0.2) is 36.4 Å². The first-order valence-electron chi connectivity index (χ1n) is 10.5. The molecule has 2 aliphatic rings. The maximum absolute atomic E-state index is 12.8. The standard InChI is InChI=1S/C23H25F3N2O3/c24-23(25,26)16-5-7-20(21(30)12-16)28-10-8-15(9-11-28)22(31)27-19-3-1-2-14-4-6-17(29)13-18(14)19/h1-3,5,7,12,15,17,29-30H,4,6,8-11,13H2,(H,27,31). The van der Waals surface area contributed by atoms with Crippen LogP contribution < -0.4 is 10.2 Å². The second-order valence-corrected chi connectivity index (χ2v) is 8.29. The number of amides is 1. The SMILES string of the molecule is O=C(Nc1cccc2c1CC(O)CC2)C1CCN(c2ccc(C(F)(F)F)cc2O)CC1. The van der Waals surface area contributed by atoms with Crippen molar-refractivity contribution < 1.29 is 28.2 Å². The third-order valence-electron chi connectivity index (χ3n) is 6.23. The molecule has 1 unspecified atom stereocenters. The molecule has 1 aliphatic heterocycles. The van der Waals surface area contributed by atoms with Crippen molar-refractivity contribution in [3.63, 3.8) is 0 Å². The summed E-state index contributed by atoms with van der Waals surface area (Å²) in [6.07, 6.45) is -1.81. The monoisotopic (exact) mass is 434 g/mol. The van der Waals surface area contributed by atoms with E-state index in [-0.39, 0.29) is 11.8 Å². The third kappa shape index (κ3) is 4.63. The molecule has 0 saturated carbocycles. The summed E-state index contributed by atoms with van der Waals surface area (Å²) in [5.74, 6) is -0.728. The highest BCUT2D eigenvalue weighted by atomic mass is 19.4. The fraction of sp³-hybridized carbons (Fsp3) is 0.435. The minimum atomic E-state index is -4.51. The van der Waals surface area contributed by atoms with Crippen LogP contribution in [0.2, 0.25) is 0 Å². The van der Waals surface area contributed by atoms with E-state index >= 15 is 0 Å². The van der Waals surface area contributed by atoms with Crippen LogP contribution in [0.25, 0.3) is 0 Å². The normalized spacial score (nSPS) is 19.7. The summed E-state index contributed by atoms with van der Waals surface area (Å²) in [6.45, 7) is 0.922. The van der Waals surface area contributed by atoms with Gasteiger partial charge in [-0.05, 0) is 61.1 Å². The number of rotatable bonds is 3. The second-order valence-electron chi connectivity index (χ2n) is 8.29. The van der Waals surface area contributed by atoms with Gasteiger partial charge in [0.05, 0.1) is 17.4 Å². The molecule has 1 fully saturated rings. The Hall–Kier alpha value is -2.74. The number of hydrogen-bond acceptors (Lipinski definition) is 4. The van der Waals surface area contributed by atoms with Gasteiger partial charge in [0.25, 0.3) is 0 Å². The number of piperidine rings is 1. The third-order valence-corrected chi connectivity index (χ3v) is 6.23. The lowest BCUT2D eigenvalue weighted by Gasteiger charge is -2.33. The maximum atomic E-state index is 12.8. The number of aryl methyl sites for hydroxylation is 1. The molecular formula is C23H25F3N2O3. The van der Waals surface area contributed by atoms with Crippen LogP contribution in [-0.4, -0.2) is 35.3 Å².